The summed E-state index contributed by atoms with van der Waals surface area (Å²) in [5.74, 6) is 0.828. The van der Waals surface area contributed by atoms with Gasteiger partial charge < -0.3 is 15.3 Å². The van der Waals surface area contributed by atoms with E-state index < -0.39 is 0 Å². The zero-order chi connectivity index (χ0) is 13.5. The highest BCUT2D eigenvalue weighted by molar-refractivity contribution is 5.29. The summed E-state index contributed by atoms with van der Waals surface area (Å²) in [6.45, 7) is 8.14. The van der Waals surface area contributed by atoms with Gasteiger partial charge in [-0.25, -0.2) is 9.97 Å². The van der Waals surface area contributed by atoms with Gasteiger partial charge in [0.25, 0.3) is 0 Å². The average molecular weight is 265 g/mol. The van der Waals surface area contributed by atoms with Crippen LogP contribution in [0.4, 0.5) is 5.95 Å². The van der Waals surface area contributed by atoms with Crippen molar-refractivity contribution in [1.82, 2.24) is 20.2 Å². The summed E-state index contributed by atoms with van der Waals surface area (Å²) in [4.78, 5) is 13.2. The lowest BCUT2D eigenvalue weighted by Crippen LogP contribution is -2.49. The van der Waals surface area contributed by atoms with Crippen molar-refractivity contribution >= 4 is 5.95 Å². The van der Waals surface area contributed by atoms with Gasteiger partial charge in [0.05, 0.1) is 6.61 Å². The van der Waals surface area contributed by atoms with Crippen LogP contribution in [0.1, 0.15) is 6.92 Å². The van der Waals surface area contributed by atoms with Crippen molar-refractivity contribution in [2.24, 2.45) is 0 Å². The number of anilines is 1. The molecular weight excluding hydrogens is 242 g/mol. The third-order valence-corrected chi connectivity index (χ3v) is 3.40. The van der Waals surface area contributed by atoms with Crippen LogP contribution in [0.3, 0.4) is 0 Å². The van der Waals surface area contributed by atoms with E-state index >= 15 is 0 Å². The van der Waals surface area contributed by atoms with Gasteiger partial charge in [-0.1, -0.05) is 0 Å². The number of nitrogens with zero attached hydrogens (tertiary/aromatic N) is 4. The second-order valence-corrected chi connectivity index (χ2v) is 4.92. The summed E-state index contributed by atoms with van der Waals surface area (Å²) in [6, 6.07) is 2.02. The van der Waals surface area contributed by atoms with E-state index in [2.05, 4.69) is 25.1 Å². The molecule has 0 saturated carbocycles. The van der Waals surface area contributed by atoms with E-state index in [1.165, 1.54) is 0 Å². The standard InChI is InChI=1S/C13H23N5O/c1-12(11-19)14-5-6-17-7-9-18(10-8-17)13-15-3-2-4-16-13/h2-4,12,14,19H,5-11H2,1H3/t12-/m1/s1. The van der Waals surface area contributed by atoms with Crippen LogP contribution in [0, 0.1) is 0 Å². The molecule has 0 bridgehead atoms. The normalized spacial score (nSPS) is 18.5. The molecule has 106 valence electrons. The molecule has 1 atom stereocenters. The van der Waals surface area contributed by atoms with E-state index in [-0.39, 0.29) is 12.6 Å². The first-order chi connectivity index (χ1) is 9.29. The lowest BCUT2D eigenvalue weighted by molar-refractivity contribution is 0.228. The summed E-state index contributed by atoms with van der Waals surface area (Å²) < 4.78 is 0. The van der Waals surface area contributed by atoms with Crippen LogP contribution in [0.5, 0.6) is 0 Å². The maximum Gasteiger partial charge on any atom is 0.225 e. The van der Waals surface area contributed by atoms with Gasteiger partial charge in [0, 0.05) is 57.7 Å². The van der Waals surface area contributed by atoms with Crippen LogP contribution in [-0.4, -0.2) is 71.9 Å². The quantitative estimate of drug-likeness (QED) is 0.728. The molecule has 1 aliphatic rings. The molecule has 0 radical (unpaired) electrons. The van der Waals surface area contributed by atoms with Crippen LogP contribution in [-0.2, 0) is 0 Å². The largest absolute Gasteiger partial charge is 0.395 e. The van der Waals surface area contributed by atoms with Crippen LogP contribution in [0.2, 0.25) is 0 Å². The Morgan fingerprint density at radius 3 is 2.58 bits per heavy atom. The maximum absolute atomic E-state index is 8.94. The van der Waals surface area contributed by atoms with E-state index in [9.17, 15) is 0 Å². The number of piperazine rings is 1. The molecule has 2 heterocycles. The summed E-state index contributed by atoms with van der Waals surface area (Å²) in [5, 5.41) is 12.2. The van der Waals surface area contributed by atoms with Crippen LogP contribution in [0.15, 0.2) is 18.5 Å². The molecule has 0 unspecified atom stereocenters. The molecule has 6 nitrogen and oxygen atoms in total. The Morgan fingerprint density at radius 2 is 1.95 bits per heavy atom. The molecule has 0 spiro atoms. The van der Waals surface area contributed by atoms with Crippen molar-refractivity contribution in [2.45, 2.75) is 13.0 Å². The lowest BCUT2D eigenvalue weighted by Gasteiger charge is -2.34. The van der Waals surface area contributed by atoms with Crippen molar-refractivity contribution in [3.8, 4) is 0 Å². The van der Waals surface area contributed by atoms with Crippen molar-refractivity contribution in [2.75, 3.05) is 50.8 Å². The second kappa shape index (κ2) is 7.37. The van der Waals surface area contributed by atoms with Gasteiger partial charge in [-0.05, 0) is 13.0 Å². The SMILES string of the molecule is C[C@H](CO)NCCN1CCN(c2ncccn2)CC1. The Labute approximate surface area is 114 Å². The molecule has 6 heteroatoms. The van der Waals surface area contributed by atoms with Gasteiger partial charge in [-0.15, -0.1) is 0 Å². The van der Waals surface area contributed by atoms with E-state index in [4.69, 9.17) is 5.11 Å². The van der Waals surface area contributed by atoms with Gasteiger partial charge in [-0.3, -0.25) is 4.90 Å². The molecule has 19 heavy (non-hydrogen) atoms. The van der Waals surface area contributed by atoms with Gasteiger partial charge in [-0.2, -0.15) is 0 Å². The first-order valence-electron chi connectivity index (χ1n) is 6.88. The number of aliphatic hydroxyl groups excluding tert-OH is 1. The lowest BCUT2D eigenvalue weighted by atomic mass is 10.3. The molecule has 0 aliphatic carbocycles. The smallest absolute Gasteiger partial charge is 0.225 e. The second-order valence-electron chi connectivity index (χ2n) is 4.92. The monoisotopic (exact) mass is 265 g/mol. The van der Waals surface area contributed by atoms with Gasteiger partial charge in [0.15, 0.2) is 0 Å². The zero-order valence-electron chi connectivity index (χ0n) is 11.5. The maximum atomic E-state index is 8.94. The highest BCUT2D eigenvalue weighted by Gasteiger charge is 2.18. The summed E-state index contributed by atoms with van der Waals surface area (Å²) >= 11 is 0. The minimum Gasteiger partial charge on any atom is -0.395 e. The van der Waals surface area contributed by atoms with Crippen molar-refractivity contribution < 1.29 is 5.11 Å². The fourth-order valence-corrected chi connectivity index (χ4v) is 2.16. The predicted molar refractivity (Wildman–Crippen MR) is 75.2 cm³/mol. The van der Waals surface area contributed by atoms with E-state index in [0.717, 1.165) is 45.2 Å². The van der Waals surface area contributed by atoms with Crippen molar-refractivity contribution in [3.63, 3.8) is 0 Å². The Morgan fingerprint density at radius 1 is 1.26 bits per heavy atom. The third kappa shape index (κ3) is 4.41. The molecular formula is C13H23N5O. The van der Waals surface area contributed by atoms with Crippen LogP contribution < -0.4 is 10.2 Å². The molecule has 1 saturated heterocycles. The first-order valence-corrected chi connectivity index (χ1v) is 6.88. The van der Waals surface area contributed by atoms with Crippen molar-refractivity contribution in [3.05, 3.63) is 18.5 Å². The molecule has 2 rings (SSSR count). The summed E-state index contributed by atoms with van der Waals surface area (Å²) in [7, 11) is 0. The molecule has 2 N–H and O–H groups in total. The van der Waals surface area contributed by atoms with Crippen LogP contribution in [0.25, 0.3) is 0 Å². The topological polar surface area (TPSA) is 64.5 Å². The number of aliphatic hydroxyl groups is 1. The number of nitrogens with one attached hydrogen (secondary N) is 1. The predicted octanol–water partition coefficient (Wildman–Crippen LogP) is -0.431. The minimum absolute atomic E-state index is 0.180. The molecule has 0 aromatic carbocycles. The minimum atomic E-state index is 0.180. The fraction of sp³-hybridized carbons (Fsp3) is 0.692. The number of hydrogen-bond acceptors (Lipinski definition) is 6. The van der Waals surface area contributed by atoms with Crippen molar-refractivity contribution in [1.29, 1.82) is 0 Å². The molecule has 1 aromatic rings. The number of hydrogen-bond donors (Lipinski definition) is 2. The Kier molecular flexibility index (Phi) is 5.50. The first kappa shape index (κ1) is 14.2. The summed E-state index contributed by atoms with van der Waals surface area (Å²) in [6.07, 6.45) is 3.57. The van der Waals surface area contributed by atoms with E-state index in [1.54, 1.807) is 12.4 Å². The zero-order valence-corrected chi connectivity index (χ0v) is 11.5. The molecule has 1 aromatic heterocycles. The van der Waals surface area contributed by atoms with E-state index in [0.29, 0.717) is 0 Å². The van der Waals surface area contributed by atoms with Gasteiger partial charge in [0.1, 0.15) is 0 Å². The Bertz CT molecular complexity index is 353. The Balaban J connectivity index is 1.68. The number of aromatic nitrogens is 2. The summed E-state index contributed by atoms with van der Waals surface area (Å²) in [5.41, 5.74) is 0. The molecule has 1 fully saturated rings. The average Bonchev–Trinajstić information content (AvgIpc) is 2.48. The molecule has 1 aliphatic heterocycles. The fourth-order valence-electron chi connectivity index (χ4n) is 2.16. The highest BCUT2D eigenvalue weighted by Crippen LogP contribution is 2.08. The highest BCUT2D eigenvalue weighted by atomic mass is 16.3. The van der Waals surface area contributed by atoms with Gasteiger partial charge in [0.2, 0.25) is 5.95 Å². The van der Waals surface area contributed by atoms with Gasteiger partial charge >= 0.3 is 0 Å². The third-order valence-electron chi connectivity index (χ3n) is 3.40. The van der Waals surface area contributed by atoms with Crippen LogP contribution >= 0.6 is 0 Å². The molecule has 0 amide bonds. The Hall–Kier alpha value is -1.24. The van der Waals surface area contributed by atoms with E-state index in [1.807, 2.05) is 13.0 Å². The number of rotatable bonds is 6.